The molecule has 1 atom stereocenters. The van der Waals surface area contributed by atoms with Crippen molar-refractivity contribution in [3.05, 3.63) is 72.9 Å². The standard InChI is InChI=1S/C71H126O6/c1-4-7-10-13-16-19-21-23-25-27-28-29-30-31-32-33-34-35-36-37-38-39-40-41-42-44-45-47-49-52-55-58-61-64-70(73)76-67-68(66-75-69(72)63-60-57-54-51-18-15-12-9-6-3)77-71(74)65-62-59-56-53-50-48-46-43-26-24-22-20-17-14-11-8-5-2/h7,10,16,19,23-26,28-29,31-32,68H,4-6,8-9,11-15,17-18,20-22,27,30,33-67H2,1-3H3/b10-7-,19-16-,25-23-,26-24-,29-28-,32-31-. The lowest BCUT2D eigenvalue weighted by Gasteiger charge is -2.18. The highest BCUT2D eigenvalue weighted by Gasteiger charge is 2.19. The van der Waals surface area contributed by atoms with Gasteiger partial charge in [-0.3, -0.25) is 14.4 Å². The number of esters is 3. The van der Waals surface area contributed by atoms with E-state index in [1.165, 1.54) is 212 Å². The second kappa shape index (κ2) is 65.4. The van der Waals surface area contributed by atoms with Crippen molar-refractivity contribution in [3.63, 3.8) is 0 Å². The molecule has 0 rings (SSSR count). The molecule has 0 radical (unpaired) electrons. The van der Waals surface area contributed by atoms with Crippen LogP contribution in [0, 0.1) is 0 Å². The number of carbonyl (C=O) groups is 3. The Morgan fingerprint density at radius 2 is 0.506 bits per heavy atom. The highest BCUT2D eigenvalue weighted by Crippen LogP contribution is 2.17. The number of hydrogen-bond donors (Lipinski definition) is 0. The Morgan fingerprint density at radius 3 is 0.805 bits per heavy atom. The van der Waals surface area contributed by atoms with Gasteiger partial charge in [0.1, 0.15) is 13.2 Å². The summed E-state index contributed by atoms with van der Waals surface area (Å²) in [4.78, 5) is 38.2. The molecule has 6 heteroatoms. The van der Waals surface area contributed by atoms with Crippen molar-refractivity contribution in [3.8, 4) is 0 Å². The van der Waals surface area contributed by atoms with Gasteiger partial charge in [-0.1, -0.05) is 306 Å². The number of allylic oxidation sites excluding steroid dienone is 12. The van der Waals surface area contributed by atoms with E-state index in [-0.39, 0.29) is 31.1 Å². The highest BCUT2D eigenvalue weighted by atomic mass is 16.6. The first kappa shape index (κ1) is 73.8. The monoisotopic (exact) mass is 1070 g/mol. The predicted octanol–water partition coefficient (Wildman–Crippen LogP) is 22.9. The van der Waals surface area contributed by atoms with Gasteiger partial charge >= 0.3 is 17.9 Å². The summed E-state index contributed by atoms with van der Waals surface area (Å²) in [6.07, 6.45) is 85.1. The normalized spacial score (nSPS) is 12.5. The smallest absolute Gasteiger partial charge is 0.306 e. The predicted molar refractivity (Wildman–Crippen MR) is 335 cm³/mol. The highest BCUT2D eigenvalue weighted by molar-refractivity contribution is 5.71. The van der Waals surface area contributed by atoms with Crippen LogP contribution in [-0.2, 0) is 28.6 Å². The molecular formula is C71H126O6. The molecule has 0 aliphatic carbocycles. The number of ether oxygens (including phenoxy) is 3. The van der Waals surface area contributed by atoms with Crippen LogP contribution < -0.4 is 0 Å². The van der Waals surface area contributed by atoms with Crippen molar-refractivity contribution in [2.45, 2.75) is 348 Å². The lowest BCUT2D eigenvalue weighted by atomic mass is 10.0. The van der Waals surface area contributed by atoms with Gasteiger partial charge in [-0.2, -0.15) is 0 Å². The molecule has 0 aliphatic rings. The molecule has 0 spiro atoms. The largest absolute Gasteiger partial charge is 0.462 e. The first-order chi connectivity index (χ1) is 38.0. The number of unbranched alkanes of at least 4 members (excludes halogenated alkanes) is 38. The molecule has 446 valence electrons. The lowest BCUT2D eigenvalue weighted by molar-refractivity contribution is -0.167. The van der Waals surface area contributed by atoms with Gasteiger partial charge in [0, 0.05) is 19.3 Å². The Morgan fingerprint density at radius 1 is 0.273 bits per heavy atom. The molecule has 0 aromatic rings. The molecule has 77 heavy (non-hydrogen) atoms. The first-order valence-corrected chi connectivity index (χ1v) is 33.4. The molecule has 0 heterocycles. The molecule has 0 saturated carbocycles. The minimum absolute atomic E-state index is 0.0716. The molecule has 0 aliphatic heterocycles. The van der Waals surface area contributed by atoms with Crippen molar-refractivity contribution in [2.75, 3.05) is 13.2 Å². The fraction of sp³-hybridized carbons (Fsp3) is 0.789. The molecule has 0 bridgehead atoms. The van der Waals surface area contributed by atoms with Gasteiger partial charge in [0.05, 0.1) is 0 Å². The van der Waals surface area contributed by atoms with E-state index >= 15 is 0 Å². The third-order valence-corrected chi connectivity index (χ3v) is 14.7. The average Bonchev–Trinajstić information content (AvgIpc) is 3.43. The van der Waals surface area contributed by atoms with Crippen LogP contribution in [0.3, 0.4) is 0 Å². The maximum Gasteiger partial charge on any atom is 0.306 e. The minimum Gasteiger partial charge on any atom is -0.462 e. The first-order valence-electron chi connectivity index (χ1n) is 33.4. The van der Waals surface area contributed by atoms with Gasteiger partial charge in [-0.15, -0.1) is 0 Å². The molecule has 0 aromatic carbocycles. The van der Waals surface area contributed by atoms with Crippen molar-refractivity contribution in [1.29, 1.82) is 0 Å². The van der Waals surface area contributed by atoms with E-state index in [4.69, 9.17) is 14.2 Å². The molecule has 0 amide bonds. The minimum atomic E-state index is -0.773. The van der Waals surface area contributed by atoms with E-state index in [2.05, 4.69) is 93.7 Å². The maximum atomic E-state index is 12.9. The van der Waals surface area contributed by atoms with Crippen LogP contribution in [0.1, 0.15) is 342 Å². The summed E-state index contributed by atoms with van der Waals surface area (Å²) in [5.74, 6) is -0.861. The molecule has 6 nitrogen and oxygen atoms in total. The van der Waals surface area contributed by atoms with E-state index in [9.17, 15) is 14.4 Å². The van der Waals surface area contributed by atoms with Crippen molar-refractivity contribution >= 4 is 17.9 Å². The van der Waals surface area contributed by atoms with Crippen LogP contribution >= 0.6 is 0 Å². The topological polar surface area (TPSA) is 78.9 Å². The zero-order chi connectivity index (χ0) is 55.7. The van der Waals surface area contributed by atoms with E-state index in [1.807, 2.05) is 0 Å². The fourth-order valence-corrected chi connectivity index (χ4v) is 9.70. The zero-order valence-corrected chi connectivity index (χ0v) is 51.2. The molecule has 0 N–H and O–H groups in total. The van der Waals surface area contributed by atoms with Gasteiger partial charge < -0.3 is 14.2 Å². The summed E-state index contributed by atoms with van der Waals surface area (Å²) in [5.41, 5.74) is 0. The van der Waals surface area contributed by atoms with Gasteiger partial charge in [0.25, 0.3) is 0 Å². The van der Waals surface area contributed by atoms with Gasteiger partial charge in [-0.05, 0) is 89.9 Å². The van der Waals surface area contributed by atoms with Crippen molar-refractivity contribution in [1.82, 2.24) is 0 Å². The van der Waals surface area contributed by atoms with Gasteiger partial charge in [0.2, 0.25) is 0 Å². The van der Waals surface area contributed by atoms with Crippen molar-refractivity contribution in [2.24, 2.45) is 0 Å². The van der Waals surface area contributed by atoms with Crippen LogP contribution in [-0.4, -0.2) is 37.2 Å². The third kappa shape index (κ3) is 63.6. The Balaban J connectivity index is 4.07. The Bertz CT molecular complexity index is 1420. The average molecular weight is 1080 g/mol. The molecule has 0 fully saturated rings. The Labute approximate surface area is 478 Å². The van der Waals surface area contributed by atoms with Crippen LogP contribution in [0.25, 0.3) is 0 Å². The summed E-state index contributed by atoms with van der Waals surface area (Å²) in [7, 11) is 0. The van der Waals surface area contributed by atoms with Crippen LogP contribution in [0.15, 0.2) is 72.9 Å². The van der Waals surface area contributed by atoms with Crippen molar-refractivity contribution < 1.29 is 28.6 Å². The van der Waals surface area contributed by atoms with Gasteiger partial charge in [0.15, 0.2) is 6.10 Å². The molecule has 0 aromatic heterocycles. The second-order valence-electron chi connectivity index (χ2n) is 22.4. The summed E-state index contributed by atoms with van der Waals surface area (Å²) < 4.78 is 16.9. The quantitative estimate of drug-likeness (QED) is 0.0261. The van der Waals surface area contributed by atoms with Crippen LogP contribution in [0.4, 0.5) is 0 Å². The van der Waals surface area contributed by atoms with E-state index in [0.717, 1.165) is 89.9 Å². The van der Waals surface area contributed by atoms with E-state index in [0.29, 0.717) is 19.3 Å². The summed E-state index contributed by atoms with van der Waals surface area (Å²) in [6, 6.07) is 0. The number of rotatable bonds is 61. The molecule has 0 saturated heterocycles. The summed E-state index contributed by atoms with van der Waals surface area (Å²) in [5, 5.41) is 0. The number of carbonyl (C=O) groups excluding carboxylic acids is 3. The molecular weight excluding hydrogens is 949 g/mol. The second-order valence-corrected chi connectivity index (χ2v) is 22.4. The summed E-state index contributed by atoms with van der Waals surface area (Å²) >= 11 is 0. The maximum absolute atomic E-state index is 12.9. The summed E-state index contributed by atoms with van der Waals surface area (Å²) in [6.45, 7) is 6.54. The SMILES string of the molecule is CC/C=C\C/C=C\C/C=C\C/C=C\C/C=C\CCCCCCCCCCCCCCCCCCCC(=O)OCC(COC(=O)CCCCCCCCCCC)OC(=O)CCCCCCCCC/C=C\CCCCCCCC. The van der Waals surface area contributed by atoms with Crippen LogP contribution in [0.2, 0.25) is 0 Å². The Hall–Kier alpha value is -3.15. The fourth-order valence-electron chi connectivity index (χ4n) is 9.70. The zero-order valence-electron chi connectivity index (χ0n) is 51.2. The Kier molecular flexibility index (Phi) is 62.7. The van der Waals surface area contributed by atoms with E-state index < -0.39 is 6.10 Å². The van der Waals surface area contributed by atoms with Gasteiger partial charge in [-0.25, -0.2) is 0 Å². The number of hydrogen-bond acceptors (Lipinski definition) is 6. The van der Waals surface area contributed by atoms with Crippen LogP contribution in [0.5, 0.6) is 0 Å². The third-order valence-electron chi connectivity index (χ3n) is 14.7. The molecule has 1 unspecified atom stereocenters. The van der Waals surface area contributed by atoms with E-state index in [1.54, 1.807) is 0 Å². The lowest BCUT2D eigenvalue weighted by Crippen LogP contribution is -2.30.